The molecule has 0 bridgehead atoms. The van der Waals surface area contributed by atoms with E-state index in [1.807, 2.05) is 0 Å². The zero-order valence-corrected chi connectivity index (χ0v) is 15.3. The van der Waals surface area contributed by atoms with Crippen molar-refractivity contribution in [3.63, 3.8) is 0 Å². The summed E-state index contributed by atoms with van der Waals surface area (Å²) in [5.41, 5.74) is -0.494. The summed E-state index contributed by atoms with van der Waals surface area (Å²) in [7, 11) is 0. The monoisotopic (exact) mass is 388 g/mol. The van der Waals surface area contributed by atoms with Crippen LogP contribution in [0.2, 0.25) is 0 Å². The van der Waals surface area contributed by atoms with Gasteiger partial charge in [0.1, 0.15) is 5.75 Å². The molecule has 28 heavy (non-hydrogen) atoms. The van der Waals surface area contributed by atoms with E-state index in [2.05, 4.69) is 9.97 Å². The minimum absolute atomic E-state index is 0.136. The maximum absolute atomic E-state index is 11.9. The number of carbonyl (C=O) groups is 1. The lowest BCUT2D eigenvalue weighted by Gasteiger charge is -2.31. The van der Waals surface area contributed by atoms with Crippen LogP contribution in [-0.2, 0) is 9.53 Å². The molecule has 10 heteroatoms. The molecule has 0 saturated carbocycles. The Morgan fingerprint density at radius 3 is 2.75 bits per heavy atom. The minimum atomic E-state index is -0.556. The van der Waals surface area contributed by atoms with Crippen molar-refractivity contribution in [2.75, 3.05) is 24.6 Å². The summed E-state index contributed by atoms with van der Waals surface area (Å²) in [6, 6.07) is 2.38. The fourth-order valence-electron chi connectivity index (χ4n) is 3.34. The van der Waals surface area contributed by atoms with Crippen LogP contribution in [-0.4, -0.2) is 45.7 Å². The number of hydrogen-bond acceptors (Lipinski definition) is 8. The second kappa shape index (κ2) is 8.07. The molecule has 1 fully saturated rings. The van der Waals surface area contributed by atoms with Crippen molar-refractivity contribution in [2.45, 2.75) is 19.8 Å². The van der Waals surface area contributed by atoms with E-state index in [4.69, 9.17) is 4.74 Å². The molecule has 10 nitrogen and oxygen atoms in total. The molecule has 3 heterocycles. The number of esters is 1. The van der Waals surface area contributed by atoms with Crippen LogP contribution in [0.25, 0.3) is 11.1 Å². The van der Waals surface area contributed by atoms with Crippen LogP contribution < -0.4 is 10.5 Å². The average Bonchev–Trinajstić information content (AvgIpc) is 2.67. The molecule has 2 N–H and O–H groups in total. The predicted molar refractivity (Wildman–Crippen MR) is 100 cm³/mol. The first-order valence-corrected chi connectivity index (χ1v) is 8.89. The number of rotatable bonds is 5. The Morgan fingerprint density at radius 2 is 2.14 bits per heavy atom. The molecule has 0 aromatic carbocycles. The van der Waals surface area contributed by atoms with E-state index in [0.717, 1.165) is 6.07 Å². The van der Waals surface area contributed by atoms with Crippen LogP contribution in [0.3, 0.4) is 0 Å². The van der Waals surface area contributed by atoms with Crippen LogP contribution in [0.1, 0.15) is 19.8 Å². The first-order chi connectivity index (χ1) is 13.4. The normalized spacial score (nSPS) is 14.7. The number of nitrogens with zero attached hydrogens (tertiary/aromatic N) is 3. The molecular weight excluding hydrogens is 368 g/mol. The molecule has 0 aliphatic carbocycles. The molecule has 148 valence electrons. The van der Waals surface area contributed by atoms with Crippen molar-refractivity contribution in [1.82, 2.24) is 9.97 Å². The molecule has 3 rings (SSSR count). The van der Waals surface area contributed by atoms with Crippen LogP contribution in [0.15, 0.2) is 29.3 Å². The van der Waals surface area contributed by atoms with E-state index in [1.54, 1.807) is 11.8 Å². The van der Waals surface area contributed by atoms with Crippen molar-refractivity contribution in [3.05, 3.63) is 45.0 Å². The van der Waals surface area contributed by atoms with Crippen molar-refractivity contribution >= 4 is 17.5 Å². The number of hydrogen-bond donors (Lipinski definition) is 2. The number of H-pyrrole nitrogens is 1. The van der Waals surface area contributed by atoms with E-state index < -0.39 is 10.5 Å². The van der Waals surface area contributed by atoms with E-state index >= 15 is 0 Å². The molecule has 0 amide bonds. The van der Waals surface area contributed by atoms with Gasteiger partial charge in [0, 0.05) is 37.1 Å². The molecular formula is C18H20N4O6. The van der Waals surface area contributed by atoms with Crippen LogP contribution >= 0.6 is 0 Å². The molecule has 0 unspecified atom stereocenters. The number of carbonyl (C=O) groups excluding carboxylic acids is 1. The summed E-state index contributed by atoms with van der Waals surface area (Å²) in [5, 5.41) is 21.9. The van der Waals surface area contributed by atoms with Gasteiger partial charge in [-0.05, 0) is 25.8 Å². The number of nitro groups is 1. The number of aromatic nitrogens is 2. The molecule has 1 aliphatic rings. The summed E-state index contributed by atoms with van der Waals surface area (Å²) in [6.45, 7) is 2.89. The van der Waals surface area contributed by atoms with Crippen molar-refractivity contribution in [3.8, 4) is 16.9 Å². The Kier molecular flexibility index (Phi) is 5.57. The minimum Gasteiger partial charge on any atom is -0.507 e. The molecule has 1 saturated heterocycles. The van der Waals surface area contributed by atoms with E-state index in [-0.39, 0.29) is 40.3 Å². The number of piperidine rings is 1. The number of nitrogens with one attached hydrogen (secondary N) is 1. The Morgan fingerprint density at radius 1 is 1.43 bits per heavy atom. The molecule has 1 aliphatic heterocycles. The van der Waals surface area contributed by atoms with Gasteiger partial charge in [0.2, 0.25) is 5.82 Å². The first kappa shape index (κ1) is 19.3. The highest BCUT2D eigenvalue weighted by Crippen LogP contribution is 2.40. The second-order valence-corrected chi connectivity index (χ2v) is 6.40. The van der Waals surface area contributed by atoms with Gasteiger partial charge in [0.25, 0.3) is 5.56 Å². The largest absolute Gasteiger partial charge is 0.507 e. The van der Waals surface area contributed by atoms with Crippen LogP contribution in [0.4, 0.5) is 11.5 Å². The molecule has 0 spiro atoms. The topological polar surface area (TPSA) is 139 Å². The van der Waals surface area contributed by atoms with Gasteiger partial charge in [-0.2, -0.15) is 0 Å². The van der Waals surface area contributed by atoms with Crippen LogP contribution in [0.5, 0.6) is 5.75 Å². The smallest absolute Gasteiger partial charge is 0.319 e. The average molecular weight is 388 g/mol. The third-order valence-corrected chi connectivity index (χ3v) is 4.69. The van der Waals surface area contributed by atoms with Gasteiger partial charge in [-0.3, -0.25) is 19.7 Å². The fraction of sp³-hybridized carbons (Fsp3) is 0.389. The summed E-state index contributed by atoms with van der Waals surface area (Å²) in [6.07, 6.45) is 3.66. The van der Waals surface area contributed by atoms with Gasteiger partial charge < -0.3 is 19.7 Å². The van der Waals surface area contributed by atoms with Gasteiger partial charge in [0.05, 0.1) is 23.0 Å². The number of aromatic amines is 1. The predicted octanol–water partition coefficient (Wildman–Crippen LogP) is 1.83. The Bertz CT molecular complexity index is 949. The molecule has 0 radical (unpaired) electrons. The van der Waals surface area contributed by atoms with Crippen LogP contribution in [0, 0.1) is 16.0 Å². The number of aromatic hydroxyl groups is 1. The molecule has 0 atom stereocenters. The van der Waals surface area contributed by atoms with Crippen molar-refractivity contribution < 1.29 is 19.6 Å². The maximum Gasteiger partial charge on any atom is 0.319 e. The quantitative estimate of drug-likeness (QED) is 0.449. The number of ether oxygens (including phenoxy) is 1. The lowest BCUT2D eigenvalue weighted by Crippen LogP contribution is -2.37. The maximum atomic E-state index is 11.9. The molecule has 2 aromatic rings. The number of anilines is 1. The van der Waals surface area contributed by atoms with E-state index in [9.17, 15) is 24.8 Å². The summed E-state index contributed by atoms with van der Waals surface area (Å²) in [5.74, 6) is -0.682. The van der Waals surface area contributed by atoms with Gasteiger partial charge in [0.15, 0.2) is 0 Å². The highest BCUT2D eigenvalue weighted by Gasteiger charge is 2.32. The Labute approximate surface area is 159 Å². The SMILES string of the molecule is CCOC(=O)C1CCN(c2nccc(-c3c[nH]c(=O)cc3O)c2[N+](=O)[O-])CC1. The van der Waals surface area contributed by atoms with E-state index in [0.29, 0.717) is 32.5 Å². The zero-order valence-electron chi connectivity index (χ0n) is 15.3. The summed E-state index contributed by atoms with van der Waals surface area (Å²) >= 11 is 0. The standard InChI is InChI=1S/C18H20N4O6/c1-2-28-18(25)11-4-7-21(8-5-11)17-16(22(26)27)12(3-6-19-17)13-10-20-15(24)9-14(13)23/h3,6,9-11H,2,4-5,7-8H2,1H3,(H2,20,23,24). The Balaban J connectivity index is 1.94. The van der Waals surface area contributed by atoms with E-state index in [1.165, 1.54) is 18.5 Å². The van der Waals surface area contributed by atoms with Gasteiger partial charge in [-0.15, -0.1) is 0 Å². The number of pyridine rings is 2. The lowest BCUT2D eigenvalue weighted by atomic mass is 9.96. The van der Waals surface area contributed by atoms with Gasteiger partial charge in [-0.1, -0.05) is 0 Å². The second-order valence-electron chi connectivity index (χ2n) is 6.40. The summed E-state index contributed by atoms with van der Waals surface area (Å²) < 4.78 is 5.05. The third-order valence-electron chi connectivity index (χ3n) is 4.69. The van der Waals surface area contributed by atoms with Gasteiger partial charge >= 0.3 is 11.7 Å². The third kappa shape index (κ3) is 3.80. The van der Waals surface area contributed by atoms with Gasteiger partial charge in [-0.25, -0.2) is 4.98 Å². The zero-order chi connectivity index (χ0) is 20.3. The molecule has 2 aromatic heterocycles. The van der Waals surface area contributed by atoms with Crippen molar-refractivity contribution in [2.24, 2.45) is 5.92 Å². The lowest BCUT2D eigenvalue weighted by molar-refractivity contribution is -0.383. The highest BCUT2D eigenvalue weighted by molar-refractivity contribution is 5.83. The highest BCUT2D eigenvalue weighted by atomic mass is 16.6. The first-order valence-electron chi connectivity index (χ1n) is 8.89. The Hall–Kier alpha value is -3.43. The fourth-order valence-corrected chi connectivity index (χ4v) is 3.34. The summed E-state index contributed by atoms with van der Waals surface area (Å²) in [4.78, 5) is 42.8. The van der Waals surface area contributed by atoms with Crippen molar-refractivity contribution in [1.29, 1.82) is 0 Å².